The van der Waals surface area contributed by atoms with Gasteiger partial charge in [-0.1, -0.05) is 6.07 Å². The van der Waals surface area contributed by atoms with Crippen LogP contribution in [0.3, 0.4) is 0 Å². The van der Waals surface area contributed by atoms with Crippen LogP contribution in [0.25, 0.3) is 0 Å². The van der Waals surface area contributed by atoms with Crippen molar-refractivity contribution in [1.29, 1.82) is 0 Å². The van der Waals surface area contributed by atoms with E-state index in [1.165, 1.54) is 0 Å². The van der Waals surface area contributed by atoms with Crippen molar-refractivity contribution in [2.75, 3.05) is 6.54 Å². The summed E-state index contributed by atoms with van der Waals surface area (Å²) in [6, 6.07) is 5.53. The van der Waals surface area contributed by atoms with E-state index in [9.17, 15) is 9.90 Å². The summed E-state index contributed by atoms with van der Waals surface area (Å²) < 4.78 is 0. The molecule has 0 radical (unpaired) electrons. The van der Waals surface area contributed by atoms with Gasteiger partial charge >= 0.3 is 0 Å². The maximum absolute atomic E-state index is 12.2. The quantitative estimate of drug-likeness (QED) is 0.847. The SMILES string of the molecule is CCN(C(=O)c1cccc(O)c1C)C1CC1. The topological polar surface area (TPSA) is 40.5 Å². The zero-order valence-electron chi connectivity index (χ0n) is 9.73. The van der Waals surface area contributed by atoms with E-state index >= 15 is 0 Å². The van der Waals surface area contributed by atoms with Crippen molar-refractivity contribution >= 4 is 5.91 Å². The zero-order valence-corrected chi connectivity index (χ0v) is 9.73. The van der Waals surface area contributed by atoms with Crippen LogP contribution >= 0.6 is 0 Å². The number of aromatic hydroxyl groups is 1. The first kappa shape index (κ1) is 11.0. The predicted octanol–water partition coefficient (Wildman–Crippen LogP) is 2.33. The number of carbonyl (C=O) groups is 1. The Labute approximate surface area is 95.7 Å². The fourth-order valence-corrected chi connectivity index (χ4v) is 1.96. The third-order valence-electron chi connectivity index (χ3n) is 3.12. The fourth-order valence-electron chi connectivity index (χ4n) is 1.96. The standard InChI is InChI=1S/C13H17NO2/c1-3-14(10-7-8-10)13(16)11-5-4-6-12(15)9(11)2/h4-6,10,15H,3,7-8H2,1-2H3. The molecule has 0 atom stereocenters. The summed E-state index contributed by atoms with van der Waals surface area (Å²) in [4.78, 5) is 14.1. The molecule has 0 saturated heterocycles. The van der Waals surface area contributed by atoms with Gasteiger partial charge in [0.2, 0.25) is 0 Å². The predicted molar refractivity (Wildman–Crippen MR) is 62.6 cm³/mol. The van der Waals surface area contributed by atoms with Crippen LogP contribution < -0.4 is 0 Å². The summed E-state index contributed by atoms with van der Waals surface area (Å²) in [6.07, 6.45) is 2.22. The smallest absolute Gasteiger partial charge is 0.254 e. The minimum Gasteiger partial charge on any atom is -0.508 e. The highest BCUT2D eigenvalue weighted by atomic mass is 16.3. The summed E-state index contributed by atoms with van der Waals surface area (Å²) in [5, 5.41) is 9.59. The second kappa shape index (κ2) is 4.16. The number of hydrogen-bond donors (Lipinski definition) is 1. The lowest BCUT2D eigenvalue weighted by atomic mass is 10.1. The van der Waals surface area contributed by atoms with Crippen LogP contribution in [-0.4, -0.2) is 28.5 Å². The Morgan fingerprint density at radius 1 is 1.50 bits per heavy atom. The third kappa shape index (κ3) is 1.90. The van der Waals surface area contributed by atoms with Crippen molar-refractivity contribution in [3.63, 3.8) is 0 Å². The van der Waals surface area contributed by atoms with E-state index in [0.717, 1.165) is 19.4 Å². The van der Waals surface area contributed by atoms with Gasteiger partial charge in [0.05, 0.1) is 0 Å². The largest absolute Gasteiger partial charge is 0.508 e. The molecule has 2 rings (SSSR count). The van der Waals surface area contributed by atoms with E-state index < -0.39 is 0 Å². The number of amides is 1. The van der Waals surface area contributed by atoms with Gasteiger partial charge in [0, 0.05) is 23.7 Å². The zero-order chi connectivity index (χ0) is 11.7. The molecule has 1 amide bonds. The first-order valence-electron chi connectivity index (χ1n) is 5.74. The molecule has 1 aromatic carbocycles. The first-order chi connectivity index (χ1) is 7.65. The van der Waals surface area contributed by atoms with Crippen LogP contribution in [0.2, 0.25) is 0 Å². The van der Waals surface area contributed by atoms with Crippen molar-refractivity contribution in [2.24, 2.45) is 0 Å². The first-order valence-corrected chi connectivity index (χ1v) is 5.74. The summed E-state index contributed by atoms with van der Waals surface area (Å²) in [6.45, 7) is 4.51. The average Bonchev–Trinajstić information content (AvgIpc) is 3.07. The highest BCUT2D eigenvalue weighted by molar-refractivity contribution is 5.96. The highest BCUT2D eigenvalue weighted by Crippen LogP contribution is 2.29. The van der Waals surface area contributed by atoms with E-state index in [0.29, 0.717) is 17.2 Å². The molecular formula is C13H17NO2. The molecule has 16 heavy (non-hydrogen) atoms. The van der Waals surface area contributed by atoms with E-state index in [-0.39, 0.29) is 11.7 Å². The van der Waals surface area contributed by atoms with Gasteiger partial charge in [0.15, 0.2) is 0 Å². The highest BCUT2D eigenvalue weighted by Gasteiger charge is 2.32. The molecule has 1 fully saturated rings. The molecule has 3 nitrogen and oxygen atoms in total. The van der Waals surface area contributed by atoms with Gasteiger partial charge in [-0.05, 0) is 38.8 Å². The van der Waals surface area contributed by atoms with Crippen LogP contribution in [0.5, 0.6) is 5.75 Å². The molecule has 0 heterocycles. The monoisotopic (exact) mass is 219 g/mol. The van der Waals surface area contributed by atoms with Crippen molar-refractivity contribution in [1.82, 2.24) is 4.90 Å². The lowest BCUT2D eigenvalue weighted by Gasteiger charge is -2.21. The van der Waals surface area contributed by atoms with Gasteiger partial charge in [-0.3, -0.25) is 4.79 Å². The molecule has 86 valence electrons. The van der Waals surface area contributed by atoms with Gasteiger partial charge in [-0.15, -0.1) is 0 Å². The molecule has 1 saturated carbocycles. The lowest BCUT2D eigenvalue weighted by molar-refractivity contribution is 0.0751. The number of phenols is 1. The Morgan fingerprint density at radius 2 is 2.19 bits per heavy atom. The molecule has 1 aliphatic rings. The fraction of sp³-hybridized carbons (Fsp3) is 0.462. The molecule has 0 aliphatic heterocycles. The molecule has 0 bridgehead atoms. The van der Waals surface area contributed by atoms with Crippen LogP contribution in [0.4, 0.5) is 0 Å². The molecule has 3 heteroatoms. The minimum atomic E-state index is 0.0402. The molecule has 0 spiro atoms. The van der Waals surface area contributed by atoms with Crippen LogP contribution in [-0.2, 0) is 0 Å². The molecule has 1 aliphatic carbocycles. The number of benzene rings is 1. The van der Waals surface area contributed by atoms with Gasteiger partial charge < -0.3 is 10.0 Å². The van der Waals surface area contributed by atoms with Crippen molar-refractivity contribution in [3.8, 4) is 5.75 Å². The summed E-state index contributed by atoms with van der Waals surface area (Å²) in [7, 11) is 0. The Kier molecular flexibility index (Phi) is 2.86. The average molecular weight is 219 g/mol. The van der Waals surface area contributed by atoms with Crippen molar-refractivity contribution in [3.05, 3.63) is 29.3 Å². The van der Waals surface area contributed by atoms with E-state index in [2.05, 4.69) is 0 Å². The Hall–Kier alpha value is -1.51. The molecule has 0 aromatic heterocycles. The van der Waals surface area contributed by atoms with E-state index in [1.54, 1.807) is 25.1 Å². The second-order valence-electron chi connectivity index (χ2n) is 4.27. The van der Waals surface area contributed by atoms with Crippen LogP contribution in [0.1, 0.15) is 35.7 Å². The maximum atomic E-state index is 12.2. The molecule has 1 N–H and O–H groups in total. The van der Waals surface area contributed by atoms with Gasteiger partial charge in [0.1, 0.15) is 5.75 Å². The number of hydrogen-bond acceptors (Lipinski definition) is 2. The van der Waals surface area contributed by atoms with Crippen molar-refractivity contribution in [2.45, 2.75) is 32.7 Å². The Morgan fingerprint density at radius 3 is 2.75 bits per heavy atom. The normalized spacial score (nSPS) is 14.9. The van der Waals surface area contributed by atoms with Crippen LogP contribution in [0, 0.1) is 6.92 Å². The number of nitrogens with zero attached hydrogens (tertiary/aromatic N) is 1. The third-order valence-corrected chi connectivity index (χ3v) is 3.12. The van der Waals surface area contributed by atoms with Gasteiger partial charge in [-0.2, -0.15) is 0 Å². The van der Waals surface area contributed by atoms with Gasteiger partial charge in [0.25, 0.3) is 5.91 Å². The lowest BCUT2D eigenvalue weighted by Crippen LogP contribution is -2.33. The molecule has 0 unspecified atom stereocenters. The molecule has 1 aromatic rings. The maximum Gasteiger partial charge on any atom is 0.254 e. The van der Waals surface area contributed by atoms with E-state index in [4.69, 9.17) is 0 Å². The van der Waals surface area contributed by atoms with Crippen LogP contribution in [0.15, 0.2) is 18.2 Å². The van der Waals surface area contributed by atoms with Crippen molar-refractivity contribution < 1.29 is 9.90 Å². The Bertz CT molecular complexity index is 410. The summed E-state index contributed by atoms with van der Waals surface area (Å²) >= 11 is 0. The van der Waals surface area contributed by atoms with E-state index in [1.807, 2.05) is 11.8 Å². The number of phenolic OH excluding ortho intramolecular Hbond substituents is 1. The Balaban J connectivity index is 2.28. The van der Waals surface area contributed by atoms with Gasteiger partial charge in [-0.25, -0.2) is 0 Å². The molecular weight excluding hydrogens is 202 g/mol. The number of carbonyl (C=O) groups excluding carboxylic acids is 1. The number of rotatable bonds is 3. The summed E-state index contributed by atoms with van der Waals surface area (Å²) in [5.41, 5.74) is 1.29. The second-order valence-corrected chi connectivity index (χ2v) is 4.27. The summed E-state index contributed by atoms with van der Waals surface area (Å²) in [5.74, 6) is 0.233. The minimum absolute atomic E-state index is 0.0402.